The zero-order chi connectivity index (χ0) is 20.8. The molecule has 29 heavy (non-hydrogen) atoms. The summed E-state index contributed by atoms with van der Waals surface area (Å²) in [6.07, 6.45) is 2.75. The zero-order valence-electron chi connectivity index (χ0n) is 17.7. The van der Waals surface area contributed by atoms with Crippen LogP contribution in [0.25, 0.3) is 0 Å². The predicted octanol–water partition coefficient (Wildman–Crippen LogP) is 5.31. The third-order valence-corrected chi connectivity index (χ3v) is 6.01. The van der Waals surface area contributed by atoms with Crippen molar-refractivity contribution in [1.29, 1.82) is 0 Å². The number of anilines is 2. The highest BCUT2D eigenvalue weighted by atomic mass is 35.5. The third kappa shape index (κ3) is 5.66. The second-order valence-electron chi connectivity index (χ2n) is 7.94. The van der Waals surface area contributed by atoms with Gasteiger partial charge in [0.1, 0.15) is 0 Å². The fourth-order valence-corrected chi connectivity index (χ4v) is 4.33. The van der Waals surface area contributed by atoms with Gasteiger partial charge >= 0.3 is 0 Å². The molecule has 0 fully saturated rings. The molecule has 3 rings (SSSR count). The average molecular weight is 414 g/mol. The standard InChI is InChI=1S/C24H32ClN3O/c1-4-28(14-12-26-21-9-5-8-20(25)17-21)24(29)16-19-7-6-13-27(3)23-11-10-18(2)15-22(19)23/h5,8-11,15,17,19,26H,4,6-7,12-14,16H2,1-3H3. The Hall–Kier alpha value is -2.20. The monoisotopic (exact) mass is 413 g/mol. The molecule has 1 aliphatic heterocycles. The van der Waals surface area contributed by atoms with Gasteiger partial charge in [-0.2, -0.15) is 0 Å². The molecule has 1 heterocycles. The van der Waals surface area contributed by atoms with Crippen molar-refractivity contribution in [3.63, 3.8) is 0 Å². The van der Waals surface area contributed by atoms with Crippen LogP contribution in [-0.2, 0) is 4.79 Å². The Bertz CT molecular complexity index is 839. The number of nitrogens with one attached hydrogen (secondary N) is 1. The van der Waals surface area contributed by atoms with E-state index in [1.54, 1.807) is 0 Å². The van der Waals surface area contributed by atoms with Crippen molar-refractivity contribution in [2.75, 3.05) is 43.4 Å². The molecule has 1 N–H and O–H groups in total. The summed E-state index contributed by atoms with van der Waals surface area (Å²) in [4.78, 5) is 17.4. The number of carbonyl (C=O) groups is 1. The van der Waals surface area contributed by atoms with Crippen LogP contribution in [0.15, 0.2) is 42.5 Å². The molecule has 0 spiro atoms. The minimum absolute atomic E-state index is 0.238. The smallest absolute Gasteiger partial charge is 0.223 e. The van der Waals surface area contributed by atoms with Crippen molar-refractivity contribution >= 4 is 28.9 Å². The van der Waals surface area contributed by atoms with Gasteiger partial charge in [0.25, 0.3) is 0 Å². The van der Waals surface area contributed by atoms with Gasteiger partial charge in [0, 0.05) is 56.0 Å². The van der Waals surface area contributed by atoms with Gasteiger partial charge in [-0.15, -0.1) is 0 Å². The normalized spacial score (nSPS) is 16.1. The Labute approximate surface area is 179 Å². The van der Waals surface area contributed by atoms with Crippen LogP contribution in [-0.4, -0.2) is 44.0 Å². The quantitative estimate of drug-likeness (QED) is 0.667. The van der Waals surface area contributed by atoms with Crippen LogP contribution in [0.5, 0.6) is 0 Å². The van der Waals surface area contributed by atoms with E-state index in [9.17, 15) is 4.79 Å². The molecule has 156 valence electrons. The molecule has 2 aromatic carbocycles. The van der Waals surface area contributed by atoms with Crippen LogP contribution in [0, 0.1) is 6.92 Å². The van der Waals surface area contributed by atoms with E-state index in [2.05, 4.69) is 49.3 Å². The Balaban J connectivity index is 1.63. The molecule has 2 aromatic rings. The number of fused-ring (bicyclic) bond motifs is 1. The first-order valence-corrected chi connectivity index (χ1v) is 10.9. The lowest BCUT2D eigenvalue weighted by atomic mass is 9.89. The van der Waals surface area contributed by atoms with Gasteiger partial charge in [0.15, 0.2) is 0 Å². The Morgan fingerprint density at radius 2 is 2.10 bits per heavy atom. The Morgan fingerprint density at radius 3 is 2.86 bits per heavy atom. The molecule has 1 amide bonds. The van der Waals surface area contributed by atoms with Crippen molar-refractivity contribution in [2.24, 2.45) is 0 Å². The maximum absolute atomic E-state index is 13.1. The topological polar surface area (TPSA) is 35.6 Å². The van der Waals surface area contributed by atoms with Crippen LogP contribution in [0.2, 0.25) is 5.02 Å². The second-order valence-corrected chi connectivity index (χ2v) is 8.37. The van der Waals surface area contributed by atoms with Crippen molar-refractivity contribution in [3.8, 4) is 0 Å². The number of rotatable bonds is 7. The molecule has 0 saturated carbocycles. The van der Waals surface area contributed by atoms with Gasteiger partial charge in [-0.1, -0.05) is 35.4 Å². The van der Waals surface area contributed by atoms with Crippen molar-refractivity contribution < 1.29 is 4.79 Å². The van der Waals surface area contributed by atoms with E-state index in [0.717, 1.165) is 31.6 Å². The number of nitrogens with zero attached hydrogens (tertiary/aromatic N) is 2. The molecule has 1 aliphatic rings. The molecule has 0 aromatic heterocycles. The third-order valence-electron chi connectivity index (χ3n) is 5.77. The SMILES string of the molecule is CCN(CCNc1cccc(Cl)c1)C(=O)CC1CCCN(C)c2ccc(C)cc21. The van der Waals surface area contributed by atoms with Crippen LogP contribution < -0.4 is 10.2 Å². The van der Waals surface area contributed by atoms with Crippen molar-refractivity contribution in [2.45, 2.75) is 39.0 Å². The van der Waals surface area contributed by atoms with Gasteiger partial charge in [0.05, 0.1) is 0 Å². The molecule has 0 bridgehead atoms. The number of hydrogen-bond donors (Lipinski definition) is 1. The number of amides is 1. The summed E-state index contributed by atoms with van der Waals surface area (Å²) in [7, 11) is 2.15. The molecular weight excluding hydrogens is 382 g/mol. The molecular formula is C24H32ClN3O. The minimum atomic E-state index is 0.238. The van der Waals surface area contributed by atoms with Crippen LogP contribution >= 0.6 is 11.6 Å². The maximum atomic E-state index is 13.1. The maximum Gasteiger partial charge on any atom is 0.223 e. The van der Waals surface area contributed by atoms with E-state index in [0.29, 0.717) is 24.5 Å². The molecule has 0 saturated heterocycles. The fourth-order valence-electron chi connectivity index (χ4n) is 4.14. The van der Waals surface area contributed by atoms with Crippen LogP contribution in [0.1, 0.15) is 43.2 Å². The molecule has 0 aliphatic carbocycles. The van der Waals surface area contributed by atoms with E-state index in [1.165, 1.54) is 16.8 Å². The van der Waals surface area contributed by atoms with E-state index >= 15 is 0 Å². The zero-order valence-corrected chi connectivity index (χ0v) is 18.5. The van der Waals surface area contributed by atoms with Crippen LogP contribution in [0.3, 0.4) is 0 Å². The summed E-state index contributed by atoms with van der Waals surface area (Å²) in [5, 5.41) is 4.08. The van der Waals surface area contributed by atoms with Gasteiger partial charge in [-0.05, 0) is 62.4 Å². The van der Waals surface area contributed by atoms with Gasteiger partial charge < -0.3 is 15.1 Å². The Kier molecular flexibility index (Phi) is 7.43. The lowest BCUT2D eigenvalue weighted by Crippen LogP contribution is -2.35. The first-order chi connectivity index (χ1) is 14.0. The van der Waals surface area contributed by atoms with E-state index in [-0.39, 0.29) is 11.8 Å². The number of benzene rings is 2. The Morgan fingerprint density at radius 1 is 1.28 bits per heavy atom. The summed E-state index contributed by atoms with van der Waals surface area (Å²) in [6, 6.07) is 14.3. The van der Waals surface area contributed by atoms with Gasteiger partial charge in [-0.25, -0.2) is 0 Å². The predicted molar refractivity (Wildman–Crippen MR) is 123 cm³/mol. The molecule has 1 unspecified atom stereocenters. The largest absolute Gasteiger partial charge is 0.383 e. The summed E-state index contributed by atoms with van der Waals surface area (Å²) in [5.74, 6) is 0.527. The molecule has 5 heteroatoms. The fraction of sp³-hybridized carbons (Fsp3) is 0.458. The number of likely N-dealkylation sites (N-methyl/N-ethyl adjacent to an activating group) is 1. The van der Waals surface area contributed by atoms with E-state index in [4.69, 9.17) is 11.6 Å². The van der Waals surface area contributed by atoms with Gasteiger partial charge in [-0.3, -0.25) is 4.79 Å². The average Bonchev–Trinajstić information content (AvgIpc) is 2.84. The number of aryl methyl sites for hydroxylation is 1. The van der Waals surface area contributed by atoms with E-state index < -0.39 is 0 Å². The summed E-state index contributed by atoms with van der Waals surface area (Å²) >= 11 is 6.04. The molecule has 0 radical (unpaired) electrons. The van der Waals surface area contributed by atoms with E-state index in [1.807, 2.05) is 29.2 Å². The first-order valence-electron chi connectivity index (χ1n) is 10.6. The first kappa shape index (κ1) is 21.5. The molecule has 4 nitrogen and oxygen atoms in total. The summed E-state index contributed by atoms with van der Waals surface area (Å²) in [6.45, 7) is 7.35. The number of halogens is 1. The van der Waals surface area contributed by atoms with Crippen molar-refractivity contribution in [3.05, 3.63) is 58.6 Å². The number of carbonyl (C=O) groups excluding carboxylic acids is 1. The summed E-state index contributed by atoms with van der Waals surface area (Å²) in [5.41, 5.74) is 4.84. The highest BCUT2D eigenvalue weighted by Crippen LogP contribution is 2.36. The number of hydrogen-bond acceptors (Lipinski definition) is 3. The minimum Gasteiger partial charge on any atom is -0.383 e. The van der Waals surface area contributed by atoms with Gasteiger partial charge in [0.2, 0.25) is 5.91 Å². The lowest BCUT2D eigenvalue weighted by molar-refractivity contribution is -0.131. The van der Waals surface area contributed by atoms with Crippen LogP contribution in [0.4, 0.5) is 11.4 Å². The summed E-state index contributed by atoms with van der Waals surface area (Å²) < 4.78 is 0. The van der Waals surface area contributed by atoms with Crippen molar-refractivity contribution in [1.82, 2.24) is 4.90 Å². The molecule has 1 atom stereocenters. The second kappa shape index (κ2) is 10.0. The highest BCUT2D eigenvalue weighted by molar-refractivity contribution is 6.30. The highest BCUT2D eigenvalue weighted by Gasteiger charge is 2.25. The lowest BCUT2D eigenvalue weighted by Gasteiger charge is -2.26.